The number of aromatic nitrogens is 1. The van der Waals surface area contributed by atoms with E-state index < -0.39 is 0 Å². The molecule has 0 atom stereocenters. The number of rotatable bonds is 2. The van der Waals surface area contributed by atoms with Gasteiger partial charge >= 0.3 is 0 Å². The number of nitrogens with two attached hydrogens (primary N) is 1. The summed E-state index contributed by atoms with van der Waals surface area (Å²) in [4.78, 5) is 4.39. The third-order valence-corrected chi connectivity index (χ3v) is 2.68. The second kappa shape index (κ2) is 3.87. The summed E-state index contributed by atoms with van der Waals surface area (Å²) in [5.74, 6) is 0. The van der Waals surface area contributed by atoms with Crippen molar-refractivity contribution >= 4 is 10.9 Å². The molecule has 1 heterocycles. The molecule has 2 rings (SSSR count). The van der Waals surface area contributed by atoms with Crippen molar-refractivity contribution in [1.29, 1.82) is 0 Å². The Hall–Kier alpha value is -1.41. The van der Waals surface area contributed by atoms with Gasteiger partial charge in [0.15, 0.2) is 0 Å². The monoisotopic (exact) mass is 214 g/mol. The van der Waals surface area contributed by atoms with Crippen molar-refractivity contribution in [3.8, 4) is 0 Å². The highest BCUT2D eigenvalue weighted by molar-refractivity contribution is 5.82. The number of pyridine rings is 1. The van der Waals surface area contributed by atoms with Crippen LogP contribution in [0.1, 0.15) is 25.0 Å². The van der Waals surface area contributed by atoms with E-state index in [-0.39, 0.29) is 5.54 Å². The van der Waals surface area contributed by atoms with Gasteiger partial charge in [0, 0.05) is 17.1 Å². The minimum Gasteiger partial charge on any atom is -0.325 e. The molecule has 0 aliphatic carbocycles. The minimum absolute atomic E-state index is 0.169. The highest BCUT2D eigenvalue weighted by Gasteiger charge is 2.12. The largest absolute Gasteiger partial charge is 0.325 e. The highest BCUT2D eigenvalue weighted by atomic mass is 14.7. The van der Waals surface area contributed by atoms with E-state index in [9.17, 15) is 0 Å². The average molecular weight is 214 g/mol. The first kappa shape index (κ1) is 11.1. The molecule has 0 radical (unpaired) electrons. The second-order valence-electron chi connectivity index (χ2n) is 5.14. The third kappa shape index (κ3) is 2.39. The van der Waals surface area contributed by atoms with Crippen LogP contribution in [-0.4, -0.2) is 10.5 Å². The van der Waals surface area contributed by atoms with E-state index in [0.29, 0.717) is 0 Å². The zero-order chi connectivity index (χ0) is 11.8. The maximum Gasteiger partial charge on any atom is 0.0707 e. The number of benzene rings is 1. The van der Waals surface area contributed by atoms with Crippen LogP contribution in [-0.2, 0) is 6.42 Å². The van der Waals surface area contributed by atoms with Crippen LogP contribution in [0.3, 0.4) is 0 Å². The van der Waals surface area contributed by atoms with Crippen molar-refractivity contribution in [2.45, 2.75) is 32.7 Å². The summed E-state index contributed by atoms with van der Waals surface area (Å²) in [7, 11) is 0. The number of hydrogen-bond acceptors (Lipinski definition) is 2. The molecule has 0 spiro atoms. The number of aryl methyl sites for hydroxylation is 1. The SMILES string of the molecule is Cc1ccnc2cc(CC(C)(C)N)ccc12. The quantitative estimate of drug-likeness (QED) is 0.835. The Bertz CT molecular complexity index is 510. The van der Waals surface area contributed by atoms with E-state index in [1.54, 1.807) is 0 Å². The molecule has 0 amide bonds. The Balaban J connectivity index is 2.45. The van der Waals surface area contributed by atoms with Crippen LogP contribution in [0.2, 0.25) is 0 Å². The molecule has 0 aliphatic heterocycles. The number of hydrogen-bond donors (Lipinski definition) is 1. The van der Waals surface area contributed by atoms with Crippen LogP contribution in [0.5, 0.6) is 0 Å². The molecule has 0 fully saturated rings. The van der Waals surface area contributed by atoms with Crippen LogP contribution in [0.4, 0.5) is 0 Å². The fraction of sp³-hybridized carbons (Fsp3) is 0.357. The molecule has 1 aromatic heterocycles. The van der Waals surface area contributed by atoms with Gasteiger partial charge in [-0.2, -0.15) is 0 Å². The molecule has 2 heteroatoms. The lowest BCUT2D eigenvalue weighted by Crippen LogP contribution is -2.34. The van der Waals surface area contributed by atoms with Gasteiger partial charge in [0.1, 0.15) is 0 Å². The van der Waals surface area contributed by atoms with E-state index in [1.165, 1.54) is 16.5 Å². The average Bonchev–Trinajstić information content (AvgIpc) is 2.15. The van der Waals surface area contributed by atoms with Crippen LogP contribution in [0.15, 0.2) is 30.5 Å². The van der Waals surface area contributed by atoms with Gasteiger partial charge in [-0.25, -0.2) is 0 Å². The molecule has 0 unspecified atom stereocenters. The predicted octanol–water partition coefficient (Wildman–Crippen LogP) is 2.82. The van der Waals surface area contributed by atoms with Crippen LogP contribution >= 0.6 is 0 Å². The first-order valence-corrected chi connectivity index (χ1v) is 5.59. The van der Waals surface area contributed by atoms with Gasteiger partial charge in [0.05, 0.1) is 5.52 Å². The predicted molar refractivity (Wildman–Crippen MR) is 68.5 cm³/mol. The minimum atomic E-state index is -0.169. The normalized spacial score (nSPS) is 12.0. The zero-order valence-corrected chi connectivity index (χ0v) is 10.1. The third-order valence-electron chi connectivity index (χ3n) is 2.68. The van der Waals surface area contributed by atoms with Crippen molar-refractivity contribution < 1.29 is 0 Å². The topological polar surface area (TPSA) is 38.9 Å². The summed E-state index contributed by atoms with van der Waals surface area (Å²) < 4.78 is 0. The smallest absolute Gasteiger partial charge is 0.0707 e. The number of fused-ring (bicyclic) bond motifs is 1. The molecule has 2 nitrogen and oxygen atoms in total. The van der Waals surface area contributed by atoms with Crippen molar-refractivity contribution in [2.24, 2.45) is 5.73 Å². The summed E-state index contributed by atoms with van der Waals surface area (Å²) in [5, 5.41) is 1.22. The Morgan fingerprint density at radius 1 is 1.25 bits per heavy atom. The van der Waals surface area contributed by atoms with Gasteiger partial charge in [-0.1, -0.05) is 12.1 Å². The first-order chi connectivity index (χ1) is 7.46. The molecule has 16 heavy (non-hydrogen) atoms. The molecule has 2 aromatic rings. The van der Waals surface area contributed by atoms with Crippen molar-refractivity contribution in [3.05, 3.63) is 41.6 Å². The van der Waals surface area contributed by atoms with Gasteiger partial charge in [0.25, 0.3) is 0 Å². The Morgan fingerprint density at radius 2 is 2.00 bits per heavy atom. The van der Waals surface area contributed by atoms with Gasteiger partial charge in [-0.15, -0.1) is 0 Å². The Morgan fingerprint density at radius 3 is 2.69 bits per heavy atom. The lowest BCUT2D eigenvalue weighted by molar-refractivity contribution is 0.517. The summed E-state index contributed by atoms with van der Waals surface area (Å²) >= 11 is 0. The van der Waals surface area contributed by atoms with E-state index in [1.807, 2.05) is 26.1 Å². The molecular formula is C14H18N2. The van der Waals surface area contributed by atoms with Crippen molar-refractivity contribution in [1.82, 2.24) is 4.98 Å². The summed E-state index contributed by atoms with van der Waals surface area (Å²) in [5.41, 5.74) is 9.42. The highest BCUT2D eigenvalue weighted by Crippen LogP contribution is 2.19. The summed E-state index contributed by atoms with van der Waals surface area (Å²) in [6, 6.07) is 8.45. The fourth-order valence-corrected chi connectivity index (χ4v) is 1.97. The molecule has 84 valence electrons. The molecule has 0 saturated heterocycles. The molecule has 0 aliphatic rings. The van der Waals surface area contributed by atoms with Crippen LogP contribution in [0, 0.1) is 6.92 Å². The zero-order valence-electron chi connectivity index (χ0n) is 10.1. The summed E-state index contributed by atoms with van der Waals surface area (Å²) in [6.45, 7) is 6.19. The maximum absolute atomic E-state index is 6.02. The molecular weight excluding hydrogens is 196 g/mol. The van der Waals surface area contributed by atoms with Gasteiger partial charge in [0.2, 0.25) is 0 Å². The van der Waals surface area contributed by atoms with Crippen molar-refractivity contribution in [3.63, 3.8) is 0 Å². The van der Waals surface area contributed by atoms with Gasteiger partial charge in [-0.3, -0.25) is 4.98 Å². The van der Waals surface area contributed by atoms with Crippen LogP contribution < -0.4 is 5.73 Å². The second-order valence-corrected chi connectivity index (χ2v) is 5.14. The molecule has 1 aromatic carbocycles. The van der Waals surface area contributed by atoms with E-state index >= 15 is 0 Å². The molecule has 0 bridgehead atoms. The standard InChI is InChI=1S/C14H18N2/c1-10-6-7-16-13-8-11(4-5-12(10)13)9-14(2,3)15/h4-8H,9,15H2,1-3H3. The Labute approximate surface area is 96.5 Å². The lowest BCUT2D eigenvalue weighted by atomic mass is 9.95. The lowest BCUT2D eigenvalue weighted by Gasteiger charge is -2.18. The Kier molecular flexibility index (Phi) is 2.68. The van der Waals surface area contributed by atoms with E-state index in [4.69, 9.17) is 5.73 Å². The van der Waals surface area contributed by atoms with Gasteiger partial charge in [-0.05, 0) is 50.5 Å². The van der Waals surface area contributed by atoms with E-state index in [0.717, 1.165) is 11.9 Å². The first-order valence-electron chi connectivity index (χ1n) is 5.59. The number of nitrogens with zero attached hydrogens (tertiary/aromatic N) is 1. The van der Waals surface area contributed by atoms with Crippen molar-refractivity contribution in [2.75, 3.05) is 0 Å². The van der Waals surface area contributed by atoms with Gasteiger partial charge < -0.3 is 5.73 Å². The fourth-order valence-electron chi connectivity index (χ4n) is 1.97. The van der Waals surface area contributed by atoms with E-state index in [2.05, 4.69) is 30.1 Å². The summed E-state index contributed by atoms with van der Waals surface area (Å²) in [6.07, 6.45) is 2.73. The maximum atomic E-state index is 6.02. The van der Waals surface area contributed by atoms with Crippen LogP contribution in [0.25, 0.3) is 10.9 Å². The molecule has 2 N–H and O–H groups in total. The molecule has 0 saturated carbocycles.